The molecule has 0 bridgehead atoms. The van der Waals surface area contributed by atoms with Crippen LogP contribution in [0, 0.1) is 0 Å². The predicted molar refractivity (Wildman–Crippen MR) is 120 cm³/mol. The number of aromatic nitrogens is 2. The quantitative estimate of drug-likeness (QED) is 0.485. The van der Waals surface area contributed by atoms with Gasteiger partial charge in [0, 0.05) is 47.0 Å². The predicted octanol–water partition coefficient (Wildman–Crippen LogP) is 2.49. The lowest BCUT2D eigenvalue weighted by Crippen LogP contribution is -2.49. The summed E-state index contributed by atoms with van der Waals surface area (Å²) in [7, 11) is 0. The molecule has 5 N–H and O–H groups in total. The molecule has 1 saturated heterocycles. The van der Waals surface area contributed by atoms with Crippen molar-refractivity contribution in [2.75, 3.05) is 42.2 Å². The summed E-state index contributed by atoms with van der Waals surface area (Å²) in [4.78, 5) is 23.1. The highest BCUT2D eigenvalue weighted by atomic mass is 35.5. The molecule has 3 rings (SSSR count). The molecule has 8 nitrogen and oxygen atoms in total. The number of halogens is 2. The second kappa shape index (κ2) is 10.7. The Hall–Kier alpha value is -2.29. The molecular formula is C20H26Cl2N6O2. The van der Waals surface area contributed by atoms with Crippen molar-refractivity contribution in [2.24, 2.45) is 0 Å². The van der Waals surface area contributed by atoms with Gasteiger partial charge in [-0.2, -0.15) is 0 Å². The van der Waals surface area contributed by atoms with E-state index >= 15 is 0 Å². The number of benzene rings is 1. The first-order chi connectivity index (χ1) is 14.5. The number of rotatable bonds is 8. The molecule has 1 aromatic heterocycles. The van der Waals surface area contributed by atoms with Crippen molar-refractivity contribution in [3.05, 3.63) is 40.1 Å². The van der Waals surface area contributed by atoms with Crippen molar-refractivity contribution in [1.82, 2.24) is 15.3 Å². The van der Waals surface area contributed by atoms with E-state index < -0.39 is 0 Å². The monoisotopic (exact) mass is 452 g/mol. The third-order valence-electron chi connectivity index (χ3n) is 4.94. The second-order valence-electron chi connectivity index (χ2n) is 7.25. The van der Waals surface area contributed by atoms with E-state index in [1.165, 1.54) is 6.33 Å². The number of carbonyl (C=O) groups is 1. The molecule has 0 saturated carbocycles. The topological polar surface area (TPSA) is 116 Å². The number of hydrogen-bond acceptors (Lipinski definition) is 7. The fraction of sp³-hybridized carbons (Fsp3) is 0.450. The van der Waals surface area contributed by atoms with Gasteiger partial charge in [0.15, 0.2) is 0 Å². The molecule has 0 aliphatic carbocycles. The van der Waals surface area contributed by atoms with Gasteiger partial charge in [-0.3, -0.25) is 4.79 Å². The Morgan fingerprint density at radius 3 is 2.77 bits per heavy atom. The molecule has 30 heavy (non-hydrogen) atoms. The highest BCUT2D eigenvalue weighted by Gasteiger charge is 2.24. The molecule has 162 valence electrons. The molecule has 0 unspecified atom stereocenters. The van der Waals surface area contributed by atoms with Gasteiger partial charge in [0.05, 0.1) is 6.54 Å². The second-order valence-corrected chi connectivity index (χ2v) is 8.13. The van der Waals surface area contributed by atoms with Gasteiger partial charge in [-0.25, -0.2) is 9.97 Å². The Morgan fingerprint density at radius 2 is 2.03 bits per heavy atom. The third kappa shape index (κ3) is 6.10. The van der Waals surface area contributed by atoms with Crippen LogP contribution in [0.4, 0.5) is 17.3 Å². The molecule has 1 amide bonds. The van der Waals surface area contributed by atoms with E-state index in [0.717, 1.165) is 30.8 Å². The maximum Gasteiger partial charge on any atom is 0.239 e. The van der Waals surface area contributed by atoms with Crippen molar-refractivity contribution in [1.29, 1.82) is 0 Å². The number of nitrogens with zero attached hydrogens (tertiary/aromatic N) is 3. The van der Waals surface area contributed by atoms with Crippen molar-refractivity contribution in [3.8, 4) is 0 Å². The van der Waals surface area contributed by atoms with Crippen LogP contribution in [0.15, 0.2) is 24.5 Å². The zero-order valence-corrected chi connectivity index (χ0v) is 18.1. The van der Waals surface area contributed by atoms with Gasteiger partial charge in [-0.05, 0) is 43.9 Å². The fourth-order valence-corrected chi connectivity index (χ4v) is 4.11. The Labute approximate surface area is 185 Å². The van der Waals surface area contributed by atoms with Crippen LogP contribution in [0.25, 0.3) is 0 Å². The standard InChI is InChI=1S/C20H26Cl2N6O2/c21-13-7-14(22)9-16(8-13)24-10-18(30)27-15-3-1-5-28(11-15)20-17(4-2-6-29)19(23)25-12-26-20/h7-9,12,15,24,29H,1-6,10-11H2,(H,27,30)(H2,23,25,26)/t15-/m1/s1. The number of nitrogens with one attached hydrogen (secondary N) is 2. The average Bonchev–Trinajstić information content (AvgIpc) is 2.71. The molecule has 0 radical (unpaired) electrons. The van der Waals surface area contributed by atoms with Gasteiger partial charge < -0.3 is 26.4 Å². The number of nitrogens with two attached hydrogens (primary N) is 1. The first kappa shape index (κ1) is 22.4. The summed E-state index contributed by atoms with van der Waals surface area (Å²) < 4.78 is 0. The Balaban J connectivity index is 1.58. The lowest BCUT2D eigenvalue weighted by atomic mass is 10.0. The maximum absolute atomic E-state index is 12.4. The van der Waals surface area contributed by atoms with Gasteiger partial charge in [0.25, 0.3) is 0 Å². The van der Waals surface area contributed by atoms with E-state index in [-0.39, 0.29) is 25.1 Å². The normalized spacial score (nSPS) is 16.4. The largest absolute Gasteiger partial charge is 0.396 e. The molecule has 2 heterocycles. The van der Waals surface area contributed by atoms with Crippen LogP contribution in [-0.4, -0.2) is 53.3 Å². The van der Waals surface area contributed by atoms with E-state index in [1.54, 1.807) is 18.2 Å². The van der Waals surface area contributed by atoms with Crippen LogP contribution >= 0.6 is 23.2 Å². The van der Waals surface area contributed by atoms with E-state index in [1.807, 2.05) is 0 Å². The molecule has 1 atom stereocenters. The van der Waals surface area contributed by atoms with Crippen molar-refractivity contribution >= 4 is 46.4 Å². The first-order valence-corrected chi connectivity index (χ1v) is 10.7. The molecule has 1 fully saturated rings. The molecular weight excluding hydrogens is 427 g/mol. The molecule has 1 aliphatic rings. The highest BCUT2D eigenvalue weighted by molar-refractivity contribution is 6.35. The third-order valence-corrected chi connectivity index (χ3v) is 5.38. The lowest BCUT2D eigenvalue weighted by Gasteiger charge is -2.35. The summed E-state index contributed by atoms with van der Waals surface area (Å²) in [5.74, 6) is 1.10. The number of carbonyl (C=O) groups excluding carboxylic acids is 1. The van der Waals surface area contributed by atoms with Crippen molar-refractivity contribution in [3.63, 3.8) is 0 Å². The Kier molecular flexibility index (Phi) is 7.95. The number of aliphatic hydroxyl groups is 1. The summed E-state index contributed by atoms with van der Waals surface area (Å²) in [5.41, 5.74) is 7.58. The fourth-order valence-electron chi connectivity index (χ4n) is 3.59. The zero-order chi connectivity index (χ0) is 21.5. The summed E-state index contributed by atoms with van der Waals surface area (Å²) in [6.45, 7) is 1.66. The minimum absolute atomic E-state index is 0.00196. The first-order valence-electron chi connectivity index (χ1n) is 9.90. The number of nitrogen functional groups attached to an aromatic ring is 1. The van der Waals surface area contributed by atoms with E-state index in [4.69, 9.17) is 34.0 Å². The zero-order valence-electron chi connectivity index (χ0n) is 16.6. The smallest absolute Gasteiger partial charge is 0.239 e. The number of piperidine rings is 1. The number of anilines is 3. The van der Waals surface area contributed by atoms with Crippen molar-refractivity contribution < 1.29 is 9.90 Å². The van der Waals surface area contributed by atoms with Gasteiger partial charge >= 0.3 is 0 Å². The minimum atomic E-state index is -0.111. The van der Waals surface area contributed by atoms with Crippen LogP contribution in [0.5, 0.6) is 0 Å². The number of aliphatic hydroxyl groups excluding tert-OH is 1. The van der Waals surface area contributed by atoms with Crippen LogP contribution in [0.1, 0.15) is 24.8 Å². The molecule has 1 aromatic carbocycles. The van der Waals surface area contributed by atoms with Gasteiger partial charge in [0.2, 0.25) is 5.91 Å². The van der Waals surface area contributed by atoms with Gasteiger partial charge in [-0.1, -0.05) is 23.2 Å². The SMILES string of the molecule is Nc1ncnc(N2CCC[C@@H](NC(=O)CNc3cc(Cl)cc(Cl)c3)C2)c1CCCO. The summed E-state index contributed by atoms with van der Waals surface area (Å²) in [6.07, 6.45) is 4.47. The van der Waals surface area contributed by atoms with Crippen LogP contribution < -0.4 is 21.3 Å². The average molecular weight is 453 g/mol. The molecule has 2 aromatic rings. The van der Waals surface area contributed by atoms with Crippen LogP contribution in [-0.2, 0) is 11.2 Å². The molecule has 1 aliphatic heterocycles. The van der Waals surface area contributed by atoms with E-state index in [0.29, 0.717) is 40.9 Å². The summed E-state index contributed by atoms with van der Waals surface area (Å²) >= 11 is 12.0. The maximum atomic E-state index is 12.4. The lowest BCUT2D eigenvalue weighted by molar-refractivity contribution is -0.120. The summed E-state index contributed by atoms with van der Waals surface area (Å²) in [5, 5.41) is 16.3. The Bertz CT molecular complexity index is 862. The number of amides is 1. The number of hydrogen-bond donors (Lipinski definition) is 4. The van der Waals surface area contributed by atoms with Crippen LogP contribution in [0.2, 0.25) is 10.0 Å². The molecule has 0 spiro atoms. The van der Waals surface area contributed by atoms with Gasteiger partial charge in [-0.15, -0.1) is 0 Å². The molecule has 10 heteroatoms. The van der Waals surface area contributed by atoms with E-state index in [9.17, 15) is 4.79 Å². The van der Waals surface area contributed by atoms with Crippen LogP contribution in [0.3, 0.4) is 0 Å². The highest BCUT2D eigenvalue weighted by Crippen LogP contribution is 2.26. The van der Waals surface area contributed by atoms with Gasteiger partial charge in [0.1, 0.15) is 18.0 Å². The Morgan fingerprint density at radius 1 is 1.27 bits per heavy atom. The van der Waals surface area contributed by atoms with Crippen molar-refractivity contribution in [2.45, 2.75) is 31.7 Å². The van der Waals surface area contributed by atoms with E-state index in [2.05, 4.69) is 25.5 Å². The minimum Gasteiger partial charge on any atom is -0.396 e. The summed E-state index contributed by atoms with van der Waals surface area (Å²) in [6, 6.07) is 5.07.